The Morgan fingerprint density at radius 1 is 1.37 bits per heavy atom. The number of thiophene rings is 1. The van der Waals surface area contributed by atoms with E-state index in [1.807, 2.05) is 29.0 Å². The number of carbonyl (C=O) groups excluding carboxylic acids is 1. The molecule has 1 saturated heterocycles. The second kappa shape index (κ2) is 8.58. The Hall–Kier alpha value is -1.64. The third-order valence-corrected chi connectivity index (χ3v) is 8.62. The molecule has 3 aromatic heterocycles. The van der Waals surface area contributed by atoms with Gasteiger partial charge < -0.3 is 9.88 Å². The smallest absolute Gasteiger partial charge is 0.263 e. The van der Waals surface area contributed by atoms with Crippen LogP contribution in [0.1, 0.15) is 44.8 Å². The van der Waals surface area contributed by atoms with Gasteiger partial charge in [0.15, 0.2) is 0 Å². The Morgan fingerprint density at radius 3 is 3.07 bits per heavy atom. The van der Waals surface area contributed by atoms with Gasteiger partial charge in [-0.2, -0.15) is 11.8 Å². The highest BCUT2D eigenvalue weighted by atomic mass is 32.2. The average Bonchev–Trinajstić information content (AvgIpc) is 3.45. The lowest BCUT2D eigenvalue weighted by atomic mass is 10.2. The summed E-state index contributed by atoms with van der Waals surface area (Å²) >= 11 is 5.37. The average molecular weight is 419 g/mol. The maximum absolute atomic E-state index is 12.5. The van der Waals surface area contributed by atoms with Crippen LogP contribution in [0.2, 0.25) is 0 Å². The van der Waals surface area contributed by atoms with Crippen molar-refractivity contribution < 1.29 is 4.79 Å². The van der Waals surface area contributed by atoms with Gasteiger partial charge in [-0.1, -0.05) is 0 Å². The number of thiazole rings is 1. The van der Waals surface area contributed by atoms with Gasteiger partial charge in [-0.15, -0.1) is 22.7 Å². The topological polar surface area (TPSA) is 59.8 Å². The highest BCUT2D eigenvalue weighted by Crippen LogP contribution is 2.44. The van der Waals surface area contributed by atoms with E-state index >= 15 is 0 Å². The second-order valence-corrected chi connectivity index (χ2v) is 9.97. The Balaban J connectivity index is 1.36. The van der Waals surface area contributed by atoms with Gasteiger partial charge in [-0.25, -0.2) is 9.97 Å². The van der Waals surface area contributed by atoms with Crippen LogP contribution in [0, 0.1) is 6.92 Å². The lowest BCUT2D eigenvalue weighted by molar-refractivity contribution is 0.0956. The number of carbonyl (C=O) groups is 1. The zero-order chi connectivity index (χ0) is 18.6. The summed E-state index contributed by atoms with van der Waals surface area (Å²) in [4.78, 5) is 24.5. The van der Waals surface area contributed by atoms with E-state index in [2.05, 4.69) is 39.2 Å². The molecule has 1 N–H and O–H groups in total. The molecule has 4 rings (SSSR count). The number of aromatic nitrogens is 3. The fourth-order valence-electron chi connectivity index (χ4n) is 3.12. The molecular weight excluding hydrogens is 396 g/mol. The van der Waals surface area contributed by atoms with Crippen LogP contribution in [0.3, 0.4) is 0 Å². The molecular formula is C19H22N4OS3. The first kappa shape index (κ1) is 18.7. The van der Waals surface area contributed by atoms with Crippen molar-refractivity contribution in [2.45, 2.75) is 38.0 Å². The molecule has 5 nitrogen and oxygen atoms in total. The number of rotatable bonds is 7. The standard InChI is InChI=1S/C19H22N4OS3/c1-13-17(18(24)21-7-3-9-23-10-8-20-12-23)27-19(22-13)16-6-5-15(26-16)14-4-2-11-25-14/h5-6,8,10,12,14H,2-4,7,9,11H2,1H3,(H,21,24). The molecule has 0 radical (unpaired) electrons. The number of amides is 1. The molecule has 8 heteroatoms. The molecule has 4 heterocycles. The highest BCUT2D eigenvalue weighted by Gasteiger charge is 2.21. The van der Waals surface area contributed by atoms with Crippen LogP contribution in [0.25, 0.3) is 9.88 Å². The van der Waals surface area contributed by atoms with E-state index in [9.17, 15) is 4.79 Å². The lowest BCUT2D eigenvalue weighted by Gasteiger charge is -2.04. The van der Waals surface area contributed by atoms with Crippen LogP contribution in [0.5, 0.6) is 0 Å². The van der Waals surface area contributed by atoms with Gasteiger partial charge in [0.05, 0.1) is 16.9 Å². The van der Waals surface area contributed by atoms with Crippen molar-refractivity contribution in [2.75, 3.05) is 12.3 Å². The molecule has 0 spiro atoms. The van der Waals surface area contributed by atoms with E-state index in [-0.39, 0.29) is 5.91 Å². The van der Waals surface area contributed by atoms with Crippen molar-refractivity contribution in [1.29, 1.82) is 0 Å². The van der Waals surface area contributed by atoms with Crippen molar-refractivity contribution in [2.24, 2.45) is 0 Å². The van der Waals surface area contributed by atoms with Crippen LogP contribution in [-0.2, 0) is 6.54 Å². The molecule has 1 aliphatic heterocycles. The monoisotopic (exact) mass is 418 g/mol. The van der Waals surface area contributed by atoms with Crippen LogP contribution in [-0.4, -0.2) is 32.7 Å². The Bertz CT molecular complexity index is 894. The van der Waals surface area contributed by atoms with Gasteiger partial charge >= 0.3 is 0 Å². The minimum atomic E-state index is -0.0231. The summed E-state index contributed by atoms with van der Waals surface area (Å²) in [7, 11) is 0. The quantitative estimate of drug-likeness (QED) is 0.562. The summed E-state index contributed by atoms with van der Waals surface area (Å²) in [5, 5.41) is 4.61. The van der Waals surface area contributed by atoms with E-state index in [1.165, 1.54) is 39.7 Å². The Labute approximate surface area is 171 Å². The fraction of sp³-hybridized carbons (Fsp3) is 0.421. The normalized spacial score (nSPS) is 16.7. The van der Waals surface area contributed by atoms with Crippen molar-refractivity contribution in [3.8, 4) is 9.88 Å². The van der Waals surface area contributed by atoms with E-state index in [0.29, 0.717) is 11.8 Å². The minimum absolute atomic E-state index is 0.0231. The SMILES string of the molecule is Cc1nc(-c2ccc(C3CCCS3)s2)sc1C(=O)NCCCn1ccnc1. The number of imidazole rings is 1. The van der Waals surface area contributed by atoms with Crippen molar-refractivity contribution in [3.63, 3.8) is 0 Å². The third-order valence-electron chi connectivity index (χ3n) is 4.53. The molecule has 27 heavy (non-hydrogen) atoms. The molecule has 0 aromatic carbocycles. The summed E-state index contributed by atoms with van der Waals surface area (Å²) in [6.07, 6.45) is 8.95. The van der Waals surface area contributed by atoms with Crippen LogP contribution in [0.15, 0.2) is 30.9 Å². The van der Waals surface area contributed by atoms with E-state index in [0.717, 1.165) is 28.5 Å². The van der Waals surface area contributed by atoms with Gasteiger partial charge in [-0.05, 0) is 44.1 Å². The molecule has 1 atom stereocenters. The lowest BCUT2D eigenvalue weighted by Crippen LogP contribution is -2.25. The van der Waals surface area contributed by atoms with Gasteiger partial charge in [0.25, 0.3) is 5.91 Å². The van der Waals surface area contributed by atoms with Crippen molar-refractivity contribution >= 4 is 40.3 Å². The van der Waals surface area contributed by atoms with Gasteiger partial charge in [-0.3, -0.25) is 4.79 Å². The molecule has 1 amide bonds. The largest absolute Gasteiger partial charge is 0.351 e. The number of hydrogen-bond acceptors (Lipinski definition) is 6. The number of nitrogens with zero attached hydrogens (tertiary/aromatic N) is 3. The summed E-state index contributed by atoms with van der Waals surface area (Å²) in [5.74, 6) is 1.24. The number of hydrogen-bond donors (Lipinski definition) is 1. The summed E-state index contributed by atoms with van der Waals surface area (Å²) in [5.41, 5.74) is 0.812. The first-order valence-corrected chi connectivity index (χ1v) is 11.8. The van der Waals surface area contributed by atoms with E-state index < -0.39 is 0 Å². The summed E-state index contributed by atoms with van der Waals surface area (Å²) in [6, 6.07) is 4.39. The molecule has 142 valence electrons. The molecule has 0 bridgehead atoms. The Morgan fingerprint density at radius 2 is 2.30 bits per heavy atom. The second-order valence-electron chi connectivity index (χ2n) is 6.55. The van der Waals surface area contributed by atoms with Gasteiger partial charge in [0.2, 0.25) is 0 Å². The first-order chi connectivity index (χ1) is 13.2. The predicted octanol–water partition coefficient (Wildman–Crippen LogP) is 4.76. The van der Waals surface area contributed by atoms with Crippen LogP contribution < -0.4 is 5.32 Å². The predicted molar refractivity (Wildman–Crippen MR) is 114 cm³/mol. The zero-order valence-electron chi connectivity index (χ0n) is 15.2. The molecule has 1 aliphatic rings. The van der Waals surface area contributed by atoms with E-state index in [4.69, 9.17) is 0 Å². The van der Waals surface area contributed by atoms with Crippen LogP contribution >= 0.6 is 34.4 Å². The van der Waals surface area contributed by atoms with Gasteiger partial charge in [0, 0.05) is 35.6 Å². The van der Waals surface area contributed by atoms with E-state index in [1.54, 1.807) is 12.5 Å². The van der Waals surface area contributed by atoms with Crippen molar-refractivity contribution in [1.82, 2.24) is 19.9 Å². The highest BCUT2D eigenvalue weighted by molar-refractivity contribution is 7.99. The summed E-state index contributed by atoms with van der Waals surface area (Å²) < 4.78 is 2.01. The first-order valence-electron chi connectivity index (χ1n) is 9.14. The maximum Gasteiger partial charge on any atom is 0.263 e. The maximum atomic E-state index is 12.5. The summed E-state index contributed by atoms with van der Waals surface area (Å²) in [6.45, 7) is 3.41. The molecule has 1 fully saturated rings. The number of aryl methyl sites for hydroxylation is 2. The van der Waals surface area contributed by atoms with Crippen LogP contribution in [0.4, 0.5) is 0 Å². The zero-order valence-corrected chi connectivity index (χ0v) is 17.6. The van der Waals surface area contributed by atoms with Gasteiger partial charge in [0.1, 0.15) is 9.88 Å². The molecule has 0 aliphatic carbocycles. The fourth-order valence-corrected chi connectivity index (χ4v) is 6.72. The third kappa shape index (κ3) is 4.44. The Kier molecular flexibility index (Phi) is 5.95. The van der Waals surface area contributed by atoms with Crippen molar-refractivity contribution in [3.05, 3.63) is 46.3 Å². The molecule has 1 unspecified atom stereocenters. The number of thioether (sulfide) groups is 1. The number of nitrogens with one attached hydrogen (secondary N) is 1. The minimum Gasteiger partial charge on any atom is -0.351 e. The molecule has 0 saturated carbocycles. The molecule has 3 aromatic rings.